The van der Waals surface area contributed by atoms with Crippen LogP contribution in [0.4, 0.5) is 5.69 Å². The van der Waals surface area contributed by atoms with Gasteiger partial charge in [-0.15, -0.1) is 0 Å². The van der Waals surface area contributed by atoms with Crippen LogP contribution >= 0.6 is 27.3 Å². The topological polar surface area (TPSA) is 90.2 Å². The number of anilines is 1. The van der Waals surface area contributed by atoms with Crippen LogP contribution in [0.2, 0.25) is 0 Å². The van der Waals surface area contributed by atoms with Gasteiger partial charge < -0.3 is 14.4 Å². The summed E-state index contributed by atoms with van der Waals surface area (Å²) in [4.78, 5) is 48.9. The zero-order valence-electron chi connectivity index (χ0n) is 23.8. The lowest BCUT2D eigenvalue weighted by molar-refractivity contribution is -0.138. The van der Waals surface area contributed by atoms with E-state index >= 15 is 0 Å². The van der Waals surface area contributed by atoms with E-state index in [0.29, 0.717) is 51.7 Å². The molecule has 3 aromatic carbocycles. The van der Waals surface area contributed by atoms with Gasteiger partial charge in [0.2, 0.25) is 0 Å². The van der Waals surface area contributed by atoms with Crippen LogP contribution in [0.5, 0.6) is 5.75 Å². The Hall–Kier alpha value is -4.28. The van der Waals surface area contributed by atoms with Crippen LogP contribution in [0.25, 0.3) is 11.3 Å². The highest BCUT2D eigenvalue weighted by Gasteiger charge is 2.38. The number of rotatable bonds is 7. The number of esters is 1. The molecular formula is C33H28BrN3O5S. The number of thiazole rings is 1. The summed E-state index contributed by atoms with van der Waals surface area (Å²) in [7, 11) is 0. The molecule has 1 aromatic heterocycles. The van der Waals surface area contributed by atoms with Crippen molar-refractivity contribution in [3.8, 4) is 5.75 Å². The molecule has 0 aliphatic carbocycles. The van der Waals surface area contributed by atoms with Crippen molar-refractivity contribution in [2.45, 2.75) is 26.8 Å². The van der Waals surface area contributed by atoms with Crippen molar-refractivity contribution in [3.05, 3.63) is 119 Å². The highest BCUT2D eigenvalue weighted by atomic mass is 79.9. The van der Waals surface area contributed by atoms with Crippen LogP contribution in [-0.2, 0) is 14.3 Å². The van der Waals surface area contributed by atoms with Crippen LogP contribution in [0.15, 0.2) is 92.6 Å². The van der Waals surface area contributed by atoms with Gasteiger partial charge >= 0.3 is 5.97 Å². The summed E-state index contributed by atoms with van der Waals surface area (Å²) in [5.41, 5.74) is 3.42. The average molecular weight is 659 g/mol. The minimum Gasteiger partial charge on any atom is -0.494 e. The van der Waals surface area contributed by atoms with Crippen molar-refractivity contribution in [1.29, 1.82) is 0 Å². The highest BCUT2D eigenvalue weighted by Crippen LogP contribution is 2.38. The summed E-state index contributed by atoms with van der Waals surface area (Å²) in [6, 6.07) is 21.5. The molecule has 4 aromatic rings. The second kappa shape index (κ2) is 11.8. The smallest absolute Gasteiger partial charge is 0.338 e. The summed E-state index contributed by atoms with van der Waals surface area (Å²) in [5.74, 6) is -0.138. The van der Waals surface area contributed by atoms with E-state index in [1.807, 2.05) is 86.6 Å². The minimum absolute atomic E-state index is 0.155. The highest BCUT2D eigenvalue weighted by molar-refractivity contribution is 9.10. The number of carbonyl (C=O) groups is 2. The zero-order valence-corrected chi connectivity index (χ0v) is 26.2. The monoisotopic (exact) mass is 657 g/mol. The van der Waals surface area contributed by atoms with Gasteiger partial charge in [-0.25, -0.2) is 9.79 Å². The first kappa shape index (κ1) is 28.8. The molecule has 10 heteroatoms. The van der Waals surface area contributed by atoms with Crippen LogP contribution < -0.4 is 24.5 Å². The zero-order chi connectivity index (χ0) is 30.2. The van der Waals surface area contributed by atoms with Crippen LogP contribution in [0.1, 0.15) is 43.5 Å². The molecular weight excluding hydrogens is 630 g/mol. The number of aromatic nitrogens is 1. The van der Waals surface area contributed by atoms with Gasteiger partial charge in [0, 0.05) is 22.1 Å². The van der Waals surface area contributed by atoms with Crippen LogP contribution in [-0.4, -0.2) is 36.2 Å². The quantitative estimate of drug-likeness (QED) is 0.266. The molecule has 0 radical (unpaired) electrons. The van der Waals surface area contributed by atoms with Gasteiger partial charge in [-0.05, 0) is 56.7 Å². The van der Waals surface area contributed by atoms with Crippen LogP contribution in [0.3, 0.4) is 0 Å². The Kier molecular flexibility index (Phi) is 7.89. The van der Waals surface area contributed by atoms with Gasteiger partial charge in [0.1, 0.15) is 10.3 Å². The predicted octanol–water partition coefficient (Wildman–Crippen LogP) is 4.83. The van der Waals surface area contributed by atoms with E-state index < -0.39 is 17.6 Å². The molecule has 0 saturated carbocycles. The number of hydrogen-bond donors (Lipinski definition) is 0. The molecule has 0 N–H and O–H groups in total. The Morgan fingerprint density at radius 1 is 0.977 bits per heavy atom. The molecule has 218 valence electrons. The van der Waals surface area contributed by atoms with Gasteiger partial charge in [-0.2, -0.15) is 0 Å². The Morgan fingerprint density at radius 2 is 1.72 bits per heavy atom. The first-order valence-electron chi connectivity index (χ1n) is 14.0. The fraction of sp³-hybridized carbons (Fsp3) is 0.212. The van der Waals surface area contributed by atoms with Gasteiger partial charge in [0.05, 0.1) is 41.8 Å². The Morgan fingerprint density at radius 3 is 2.40 bits per heavy atom. The third kappa shape index (κ3) is 4.94. The van der Waals surface area contributed by atoms with Crippen molar-refractivity contribution in [1.82, 2.24) is 4.57 Å². The van der Waals surface area contributed by atoms with Crippen molar-refractivity contribution >= 4 is 56.1 Å². The SMILES string of the molecule is CCOC(=O)C1=C(c2ccccc2)N=c2s/c(=C3\C(=O)N(CC)c4ccc(Br)cc43)c(=O)n2[C@@H]1c1ccc(OCC)cc1. The van der Waals surface area contributed by atoms with E-state index in [4.69, 9.17) is 14.5 Å². The molecule has 6 rings (SSSR count). The summed E-state index contributed by atoms with van der Waals surface area (Å²) < 4.78 is 13.8. The first-order chi connectivity index (χ1) is 20.9. The number of fused-ring (bicyclic) bond motifs is 2. The summed E-state index contributed by atoms with van der Waals surface area (Å²) in [5, 5.41) is 0. The molecule has 1 amide bonds. The fourth-order valence-electron chi connectivity index (χ4n) is 5.56. The maximum absolute atomic E-state index is 14.5. The van der Waals surface area contributed by atoms with E-state index in [2.05, 4.69) is 15.9 Å². The van der Waals surface area contributed by atoms with Crippen molar-refractivity contribution < 1.29 is 19.1 Å². The lowest BCUT2D eigenvalue weighted by atomic mass is 9.93. The molecule has 0 bridgehead atoms. The van der Waals surface area contributed by atoms with E-state index in [9.17, 15) is 14.4 Å². The second-order valence-corrected chi connectivity index (χ2v) is 11.7. The maximum atomic E-state index is 14.5. The number of benzene rings is 3. The van der Waals surface area contributed by atoms with E-state index in [1.165, 1.54) is 4.57 Å². The lowest BCUT2D eigenvalue weighted by Crippen LogP contribution is -2.41. The predicted molar refractivity (Wildman–Crippen MR) is 170 cm³/mol. The Balaban J connectivity index is 1.70. The number of amides is 1. The third-order valence-corrected chi connectivity index (χ3v) is 8.92. The van der Waals surface area contributed by atoms with Gasteiger partial charge in [0.15, 0.2) is 4.80 Å². The molecule has 43 heavy (non-hydrogen) atoms. The van der Waals surface area contributed by atoms with E-state index in [1.54, 1.807) is 11.8 Å². The van der Waals surface area contributed by atoms with Gasteiger partial charge in [-0.1, -0.05) is 69.7 Å². The van der Waals surface area contributed by atoms with Crippen LogP contribution in [0, 0.1) is 0 Å². The second-order valence-electron chi connectivity index (χ2n) is 9.84. The molecule has 2 aliphatic rings. The molecule has 1 atom stereocenters. The van der Waals surface area contributed by atoms with Crippen molar-refractivity contribution in [3.63, 3.8) is 0 Å². The number of ether oxygens (including phenoxy) is 2. The Bertz CT molecular complexity index is 1960. The third-order valence-electron chi connectivity index (χ3n) is 7.38. The van der Waals surface area contributed by atoms with Crippen molar-refractivity contribution in [2.24, 2.45) is 4.99 Å². The van der Waals surface area contributed by atoms with E-state index in [0.717, 1.165) is 21.5 Å². The molecule has 0 spiro atoms. The molecule has 3 heterocycles. The maximum Gasteiger partial charge on any atom is 0.338 e. The molecule has 0 unspecified atom stereocenters. The lowest BCUT2D eigenvalue weighted by Gasteiger charge is -2.26. The number of halogens is 1. The summed E-state index contributed by atoms with van der Waals surface area (Å²) in [6.45, 7) is 6.66. The fourth-order valence-corrected chi connectivity index (χ4v) is 7.01. The number of likely N-dealkylation sites (N-methyl/N-ethyl adjacent to an activating group) is 1. The standard InChI is InChI=1S/C33H28BrN3O5S/c1-4-36-24-17-14-21(34)18-23(24)25(30(36)38)29-31(39)37-28(20-12-15-22(16-13-20)41-5-2)26(32(40)42-6-3)27(35-33(37)43-29)19-10-8-7-9-11-19/h7-18,28H,4-6H2,1-3H3/b29-25-/t28-/m1/s1. The summed E-state index contributed by atoms with van der Waals surface area (Å²) >= 11 is 4.67. The number of carbonyl (C=O) groups excluding carboxylic acids is 2. The van der Waals surface area contributed by atoms with Gasteiger partial charge in [0.25, 0.3) is 11.5 Å². The molecule has 0 fully saturated rings. The average Bonchev–Trinajstić information content (AvgIpc) is 3.48. The van der Waals surface area contributed by atoms with E-state index in [-0.39, 0.29) is 22.6 Å². The van der Waals surface area contributed by atoms with Gasteiger partial charge in [-0.3, -0.25) is 14.2 Å². The molecule has 2 aliphatic heterocycles. The number of nitrogens with zero attached hydrogens (tertiary/aromatic N) is 3. The first-order valence-corrected chi connectivity index (χ1v) is 15.6. The molecule has 8 nitrogen and oxygen atoms in total. The minimum atomic E-state index is -0.851. The van der Waals surface area contributed by atoms with Crippen molar-refractivity contribution in [2.75, 3.05) is 24.7 Å². The normalized spacial score (nSPS) is 17.0. The largest absolute Gasteiger partial charge is 0.494 e. The number of hydrogen-bond acceptors (Lipinski definition) is 7. The molecule has 0 saturated heterocycles. The summed E-state index contributed by atoms with van der Waals surface area (Å²) in [6.07, 6.45) is 0. The Labute approximate surface area is 260 Å².